The summed E-state index contributed by atoms with van der Waals surface area (Å²) < 4.78 is 5.42. The number of hydrogen-bond donors (Lipinski definition) is 1. The SMILES string of the molecule is CC(C)C(CC(=O)Nc1cccc(C(=O)N2CCOCC2C)c1)c1ccccc1. The van der Waals surface area contributed by atoms with Gasteiger partial charge in [0, 0.05) is 24.2 Å². The minimum absolute atomic E-state index is 0.0266. The van der Waals surface area contributed by atoms with Gasteiger partial charge in [0.1, 0.15) is 0 Å². The average molecular weight is 395 g/mol. The van der Waals surface area contributed by atoms with E-state index in [4.69, 9.17) is 4.74 Å². The molecule has 2 aromatic rings. The molecule has 1 aliphatic rings. The van der Waals surface area contributed by atoms with Crippen molar-refractivity contribution in [3.63, 3.8) is 0 Å². The molecule has 2 amide bonds. The molecule has 5 heteroatoms. The quantitative estimate of drug-likeness (QED) is 0.794. The Balaban J connectivity index is 1.67. The normalized spacial score (nSPS) is 17.8. The predicted molar refractivity (Wildman–Crippen MR) is 115 cm³/mol. The summed E-state index contributed by atoms with van der Waals surface area (Å²) in [6, 6.07) is 17.4. The van der Waals surface area contributed by atoms with E-state index >= 15 is 0 Å². The maximum Gasteiger partial charge on any atom is 0.254 e. The molecule has 1 N–H and O–H groups in total. The van der Waals surface area contributed by atoms with Gasteiger partial charge in [0.25, 0.3) is 5.91 Å². The van der Waals surface area contributed by atoms with Crippen LogP contribution in [-0.4, -0.2) is 42.5 Å². The fraction of sp³-hybridized carbons (Fsp3) is 0.417. The lowest BCUT2D eigenvalue weighted by Crippen LogP contribution is -2.47. The number of amides is 2. The molecule has 0 radical (unpaired) electrons. The maximum atomic E-state index is 12.9. The molecular formula is C24H30N2O3. The molecule has 1 heterocycles. The Morgan fingerprint density at radius 1 is 1.14 bits per heavy atom. The zero-order valence-electron chi connectivity index (χ0n) is 17.4. The number of carbonyl (C=O) groups excluding carboxylic acids is 2. The minimum atomic E-state index is -0.0445. The lowest BCUT2D eigenvalue weighted by atomic mass is 9.85. The molecule has 0 saturated carbocycles. The van der Waals surface area contributed by atoms with E-state index in [0.29, 0.717) is 43.3 Å². The zero-order chi connectivity index (χ0) is 20.8. The lowest BCUT2D eigenvalue weighted by Gasteiger charge is -2.33. The van der Waals surface area contributed by atoms with Crippen LogP contribution in [0.25, 0.3) is 0 Å². The Morgan fingerprint density at radius 3 is 2.59 bits per heavy atom. The fourth-order valence-electron chi connectivity index (χ4n) is 3.78. The summed E-state index contributed by atoms with van der Waals surface area (Å²) in [5, 5.41) is 2.97. The molecule has 2 atom stereocenters. The third-order valence-corrected chi connectivity index (χ3v) is 5.46. The second-order valence-corrected chi connectivity index (χ2v) is 8.02. The van der Waals surface area contributed by atoms with E-state index in [1.807, 2.05) is 42.2 Å². The first kappa shape index (κ1) is 21.1. The Hall–Kier alpha value is -2.66. The van der Waals surface area contributed by atoms with Gasteiger partial charge >= 0.3 is 0 Å². The fourth-order valence-corrected chi connectivity index (χ4v) is 3.78. The highest BCUT2D eigenvalue weighted by atomic mass is 16.5. The van der Waals surface area contributed by atoms with E-state index in [-0.39, 0.29) is 23.8 Å². The first-order valence-electron chi connectivity index (χ1n) is 10.3. The summed E-state index contributed by atoms with van der Waals surface area (Å²) in [6.45, 7) is 7.95. The third-order valence-electron chi connectivity index (χ3n) is 5.46. The van der Waals surface area contributed by atoms with E-state index in [1.165, 1.54) is 5.56 Å². The maximum absolute atomic E-state index is 12.9. The van der Waals surface area contributed by atoms with Crippen LogP contribution in [0, 0.1) is 5.92 Å². The Kier molecular flexibility index (Phi) is 7.04. The minimum Gasteiger partial charge on any atom is -0.377 e. The van der Waals surface area contributed by atoms with Crippen LogP contribution in [-0.2, 0) is 9.53 Å². The molecule has 1 saturated heterocycles. The monoisotopic (exact) mass is 394 g/mol. The van der Waals surface area contributed by atoms with Crippen molar-refractivity contribution < 1.29 is 14.3 Å². The topological polar surface area (TPSA) is 58.6 Å². The highest BCUT2D eigenvalue weighted by Gasteiger charge is 2.25. The predicted octanol–water partition coefficient (Wildman–Crippen LogP) is 4.32. The summed E-state index contributed by atoms with van der Waals surface area (Å²) in [5.74, 6) is 0.423. The van der Waals surface area contributed by atoms with Crippen molar-refractivity contribution in [1.82, 2.24) is 4.90 Å². The van der Waals surface area contributed by atoms with E-state index in [1.54, 1.807) is 12.1 Å². The third kappa shape index (κ3) is 5.45. The molecule has 3 rings (SSSR count). The number of hydrogen-bond acceptors (Lipinski definition) is 3. The molecule has 2 unspecified atom stereocenters. The van der Waals surface area contributed by atoms with E-state index in [0.717, 1.165) is 0 Å². The van der Waals surface area contributed by atoms with Crippen LogP contribution < -0.4 is 5.32 Å². The molecule has 2 aromatic carbocycles. The number of carbonyl (C=O) groups is 2. The van der Waals surface area contributed by atoms with Crippen molar-refractivity contribution in [3.8, 4) is 0 Å². The van der Waals surface area contributed by atoms with Crippen molar-refractivity contribution in [2.45, 2.75) is 39.2 Å². The van der Waals surface area contributed by atoms with Gasteiger partial charge in [-0.25, -0.2) is 0 Å². The van der Waals surface area contributed by atoms with Gasteiger partial charge in [-0.3, -0.25) is 9.59 Å². The van der Waals surface area contributed by atoms with Crippen molar-refractivity contribution in [1.29, 1.82) is 0 Å². The number of anilines is 1. The van der Waals surface area contributed by atoms with Gasteiger partial charge in [-0.05, 0) is 42.5 Å². The molecule has 0 bridgehead atoms. The summed E-state index contributed by atoms with van der Waals surface area (Å²) in [4.78, 5) is 27.4. The molecule has 0 aromatic heterocycles. The Labute approximate surface area is 173 Å². The largest absolute Gasteiger partial charge is 0.377 e. The summed E-state index contributed by atoms with van der Waals surface area (Å²) in [6.07, 6.45) is 0.403. The van der Waals surface area contributed by atoms with E-state index < -0.39 is 0 Å². The van der Waals surface area contributed by atoms with Crippen LogP contribution in [0.3, 0.4) is 0 Å². The van der Waals surface area contributed by atoms with Crippen molar-refractivity contribution in [2.24, 2.45) is 5.92 Å². The first-order chi connectivity index (χ1) is 14.0. The molecule has 1 fully saturated rings. The van der Waals surface area contributed by atoms with Gasteiger partial charge in [-0.15, -0.1) is 0 Å². The van der Waals surface area contributed by atoms with Gasteiger partial charge in [-0.1, -0.05) is 50.2 Å². The second kappa shape index (κ2) is 9.70. The lowest BCUT2D eigenvalue weighted by molar-refractivity contribution is -0.116. The van der Waals surface area contributed by atoms with Crippen molar-refractivity contribution in [2.75, 3.05) is 25.1 Å². The first-order valence-corrected chi connectivity index (χ1v) is 10.3. The summed E-state index contributed by atoms with van der Waals surface area (Å²) in [7, 11) is 0. The smallest absolute Gasteiger partial charge is 0.254 e. The van der Waals surface area contributed by atoms with Gasteiger partial charge in [0.05, 0.1) is 19.3 Å². The van der Waals surface area contributed by atoms with E-state index in [9.17, 15) is 9.59 Å². The highest BCUT2D eigenvalue weighted by molar-refractivity contribution is 5.97. The summed E-state index contributed by atoms with van der Waals surface area (Å²) >= 11 is 0. The van der Waals surface area contributed by atoms with E-state index in [2.05, 4.69) is 31.3 Å². The number of morpholine rings is 1. The molecule has 1 aliphatic heterocycles. The standard InChI is InChI=1S/C24H30N2O3/c1-17(2)22(19-8-5-4-6-9-19)15-23(27)25-21-11-7-10-20(14-21)24(28)26-12-13-29-16-18(26)3/h4-11,14,17-18,22H,12-13,15-16H2,1-3H3,(H,25,27). The highest BCUT2D eigenvalue weighted by Crippen LogP contribution is 2.28. The van der Waals surface area contributed by atoms with Crippen LogP contribution in [0.4, 0.5) is 5.69 Å². The number of nitrogens with zero attached hydrogens (tertiary/aromatic N) is 1. The average Bonchev–Trinajstić information content (AvgIpc) is 2.72. The van der Waals surface area contributed by atoms with Crippen LogP contribution in [0.15, 0.2) is 54.6 Å². The van der Waals surface area contributed by atoms with Crippen LogP contribution in [0.1, 0.15) is 49.0 Å². The van der Waals surface area contributed by atoms with Gasteiger partial charge < -0.3 is 15.0 Å². The number of benzene rings is 2. The zero-order valence-corrected chi connectivity index (χ0v) is 17.4. The van der Waals surface area contributed by atoms with Crippen molar-refractivity contribution in [3.05, 3.63) is 65.7 Å². The molecule has 154 valence electrons. The number of nitrogens with one attached hydrogen (secondary N) is 1. The Morgan fingerprint density at radius 2 is 1.90 bits per heavy atom. The molecule has 0 aliphatic carbocycles. The Bertz CT molecular complexity index is 835. The van der Waals surface area contributed by atoms with Crippen molar-refractivity contribution >= 4 is 17.5 Å². The van der Waals surface area contributed by atoms with Gasteiger partial charge in [-0.2, -0.15) is 0 Å². The molecule has 5 nitrogen and oxygen atoms in total. The van der Waals surface area contributed by atoms with Crippen LogP contribution >= 0.6 is 0 Å². The van der Waals surface area contributed by atoms with Gasteiger partial charge in [0.15, 0.2) is 0 Å². The molecule has 29 heavy (non-hydrogen) atoms. The number of ether oxygens (including phenoxy) is 1. The molecule has 0 spiro atoms. The summed E-state index contributed by atoms with van der Waals surface area (Å²) in [5.41, 5.74) is 2.40. The second-order valence-electron chi connectivity index (χ2n) is 8.02. The number of rotatable bonds is 6. The van der Waals surface area contributed by atoms with Crippen LogP contribution in [0.5, 0.6) is 0 Å². The molecular weight excluding hydrogens is 364 g/mol. The van der Waals surface area contributed by atoms with Gasteiger partial charge in [0.2, 0.25) is 5.91 Å². The van der Waals surface area contributed by atoms with Crippen LogP contribution in [0.2, 0.25) is 0 Å².